The molecule has 1 aliphatic heterocycles. The molecule has 128 valence electrons. The summed E-state index contributed by atoms with van der Waals surface area (Å²) < 4.78 is 1.63. The second-order valence-electron chi connectivity index (χ2n) is 7.08. The number of carbonyl (C=O) groups excluding carboxylic acids is 1. The number of fused-ring (bicyclic) bond motifs is 1. The first-order valence-corrected chi connectivity index (χ1v) is 8.25. The van der Waals surface area contributed by atoms with E-state index in [1.807, 2.05) is 29.2 Å². The first-order chi connectivity index (χ1) is 11.3. The molecule has 1 fully saturated rings. The van der Waals surface area contributed by atoms with Gasteiger partial charge in [0.1, 0.15) is 5.82 Å². The molecular weight excluding hydrogens is 304 g/mol. The van der Waals surface area contributed by atoms with Crippen LogP contribution in [0, 0.1) is 0 Å². The number of carbonyl (C=O) groups is 1. The van der Waals surface area contributed by atoms with Crippen molar-refractivity contribution >= 4 is 16.8 Å². The Morgan fingerprint density at radius 3 is 2.62 bits per heavy atom. The lowest BCUT2D eigenvalue weighted by Gasteiger charge is -2.46. The quantitative estimate of drug-likeness (QED) is 0.836. The van der Waals surface area contributed by atoms with E-state index in [0.717, 1.165) is 17.9 Å². The van der Waals surface area contributed by atoms with E-state index < -0.39 is 0 Å². The van der Waals surface area contributed by atoms with Crippen LogP contribution in [-0.2, 0) is 18.4 Å². The Morgan fingerprint density at radius 2 is 1.96 bits per heavy atom. The third-order valence-corrected chi connectivity index (χ3v) is 4.93. The molecule has 0 bridgehead atoms. The van der Waals surface area contributed by atoms with Gasteiger partial charge in [-0.2, -0.15) is 0 Å². The van der Waals surface area contributed by atoms with Crippen LogP contribution >= 0.6 is 0 Å². The number of hydrogen-bond acceptors (Lipinski definition) is 4. The second kappa shape index (κ2) is 6.02. The van der Waals surface area contributed by atoms with Crippen LogP contribution in [0.25, 0.3) is 10.9 Å². The molecular formula is C18H24N4O2. The second-order valence-corrected chi connectivity index (χ2v) is 7.08. The zero-order chi connectivity index (χ0) is 17.5. The molecule has 0 spiro atoms. The zero-order valence-electron chi connectivity index (χ0n) is 14.7. The summed E-state index contributed by atoms with van der Waals surface area (Å²) in [4.78, 5) is 33.1. The standard InChI is InChI=1S/C18H24N4O2/c1-13(23)21-9-10-22(18(2,3)12-21)11-16-19-15-8-6-5-7-14(15)17(24)20(16)4/h5-8H,9-12H2,1-4H3. The van der Waals surface area contributed by atoms with Crippen molar-refractivity contribution in [1.29, 1.82) is 0 Å². The van der Waals surface area contributed by atoms with Gasteiger partial charge in [0.05, 0.1) is 17.4 Å². The predicted octanol–water partition coefficient (Wildman–Crippen LogP) is 1.38. The summed E-state index contributed by atoms with van der Waals surface area (Å²) in [7, 11) is 1.77. The van der Waals surface area contributed by atoms with Crippen molar-refractivity contribution in [3.05, 3.63) is 40.4 Å². The van der Waals surface area contributed by atoms with Gasteiger partial charge in [0.2, 0.25) is 5.91 Å². The highest BCUT2D eigenvalue weighted by Crippen LogP contribution is 2.23. The molecule has 1 amide bonds. The third kappa shape index (κ3) is 2.94. The molecule has 2 heterocycles. The van der Waals surface area contributed by atoms with Gasteiger partial charge in [0.25, 0.3) is 5.56 Å². The Hall–Kier alpha value is -2.21. The molecule has 1 saturated heterocycles. The van der Waals surface area contributed by atoms with Crippen LogP contribution in [0.2, 0.25) is 0 Å². The van der Waals surface area contributed by atoms with Crippen molar-refractivity contribution in [2.75, 3.05) is 19.6 Å². The number of nitrogens with zero attached hydrogens (tertiary/aromatic N) is 4. The van der Waals surface area contributed by atoms with E-state index in [4.69, 9.17) is 4.98 Å². The first-order valence-electron chi connectivity index (χ1n) is 8.25. The predicted molar refractivity (Wildman–Crippen MR) is 93.7 cm³/mol. The van der Waals surface area contributed by atoms with Gasteiger partial charge in [-0.1, -0.05) is 12.1 Å². The first kappa shape index (κ1) is 16.6. The van der Waals surface area contributed by atoms with E-state index in [1.54, 1.807) is 18.5 Å². The fourth-order valence-electron chi connectivity index (χ4n) is 3.33. The van der Waals surface area contributed by atoms with Crippen molar-refractivity contribution in [3.8, 4) is 0 Å². The highest BCUT2D eigenvalue weighted by atomic mass is 16.2. The Morgan fingerprint density at radius 1 is 1.25 bits per heavy atom. The summed E-state index contributed by atoms with van der Waals surface area (Å²) in [5.41, 5.74) is 0.555. The van der Waals surface area contributed by atoms with Gasteiger partial charge in [0.15, 0.2) is 0 Å². The molecule has 2 aromatic rings. The van der Waals surface area contributed by atoms with Crippen LogP contribution in [0.15, 0.2) is 29.1 Å². The maximum Gasteiger partial charge on any atom is 0.261 e. The number of piperazine rings is 1. The van der Waals surface area contributed by atoms with Gasteiger partial charge in [0, 0.05) is 39.1 Å². The molecule has 0 N–H and O–H groups in total. The molecule has 1 aromatic heterocycles. The minimum Gasteiger partial charge on any atom is -0.340 e. The van der Waals surface area contributed by atoms with Gasteiger partial charge in [-0.15, -0.1) is 0 Å². The number of benzene rings is 1. The van der Waals surface area contributed by atoms with E-state index in [0.29, 0.717) is 25.0 Å². The molecule has 6 heteroatoms. The summed E-state index contributed by atoms with van der Waals surface area (Å²) in [5.74, 6) is 0.863. The molecule has 1 aliphatic rings. The lowest BCUT2D eigenvalue weighted by Crippen LogP contribution is -2.59. The third-order valence-electron chi connectivity index (χ3n) is 4.93. The summed E-state index contributed by atoms with van der Waals surface area (Å²) >= 11 is 0. The minimum absolute atomic E-state index is 0.0178. The lowest BCUT2D eigenvalue weighted by molar-refractivity contribution is -0.134. The van der Waals surface area contributed by atoms with Gasteiger partial charge in [-0.3, -0.25) is 19.1 Å². The highest BCUT2D eigenvalue weighted by molar-refractivity contribution is 5.77. The Labute approximate surface area is 141 Å². The molecule has 0 radical (unpaired) electrons. The molecule has 6 nitrogen and oxygen atoms in total. The largest absolute Gasteiger partial charge is 0.340 e. The Bertz CT molecular complexity index is 841. The normalized spacial score (nSPS) is 18.1. The van der Waals surface area contributed by atoms with Crippen molar-refractivity contribution in [2.24, 2.45) is 7.05 Å². The number of amides is 1. The number of para-hydroxylation sites is 1. The monoisotopic (exact) mass is 328 g/mol. The summed E-state index contributed by atoms with van der Waals surface area (Å²) in [6.45, 7) is 8.62. The van der Waals surface area contributed by atoms with Gasteiger partial charge < -0.3 is 4.90 Å². The highest BCUT2D eigenvalue weighted by Gasteiger charge is 2.35. The number of hydrogen-bond donors (Lipinski definition) is 0. The van der Waals surface area contributed by atoms with E-state index in [1.165, 1.54) is 0 Å². The van der Waals surface area contributed by atoms with Crippen molar-refractivity contribution in [1.82, 2.24) is 19.4 Å². The molecule has 3 rings (SSSR count). The number of aromatic nitrogens is 2. The summed E-state index contributed by atoms with van der Waals surface area (Å²) in [6.07, 6.45) is 0. The van der Waals surface area contributed by atoms with Crippen LogP contribution in [0.1, 0.15) is 26.6 Å². The fourth-order valence-corrected chi connectivity index (χ4v) is 3.33. The van der Waals surface area contributed by atoms with Crippen molar-refractivity contribution < 1.29 is 4.79 Å². The Balaban J connectivity index is 1.91. The maximum absolute atomic E-state index is 12.5. The van der Waals surface area contributed by atoms with E-state index >= 15 is 0 Å². The summed E-state index contributed by atoms with van der Waals surface area (Å²) in [6, 6.07) is 7.44. The van der Waals surface area contributed by atoms with Crippen LogP contribution < -0.4 is 5.56 Å². The smallest absolute Gasteiger partial charge is 0.261 e. The van der Waals surface area contributed by atoms with Crippen molar-refractivity contribution in [2.45, 2.75) is 32.9 Å². The average Bonchev–Trinajstić information content (AvgIpc) is 2.53. The average molecular weight is 328 g/mol. The molecule has 0 saturated carbocycles. The Kier molecular flexibility index (Phi) is 4.17. The molecule has 0 unspecified atom stereocenters. The van der Waals surface area contributed by atoms with E-state index in [2.05, 4.69) is 18.7 Å². The van der Waals surface area contributed by atoms with Gasteiger partial charge in [-0.25, -0.2) is 4.98 Å². The van der Waals surface area contributed by atoms with E-state index in [9.17, 15) is 9.59 Å². The molecule has 1 aromatic carbocycles. The summed E-state index contributed by atoms with van der Waals surface area (Å²) in [5, 5.41) is 0.643. The van der Waals surface area contributed by atoms with Crippen LogP contribution in [-0.4, -0.2) is 50.4 Å². The number of rotatable bonds is 2. The SMILES string of the molecule is CC(=O)N1CCN(Cc2nc3ccccc3c(=O)n2C)C(C)(C)C1. The van der Waals surface area contributed by atoms with Gasteiger partial charge in [-0.05, 0) is 26.0 Å². The molecule has 24 heavy (non-hydrogen) atoms. The fraction of sp³-hybridized carbons (Fsp3) is 0.500. The zero-order valence-corrected chi connectivity index (χ0v) is 14.7. The lowest BCUT2D eigenvalue weighted by atomic mass is 9.98. The van der Waals surface area contributed by atoms with E-state index in [-0.39, 0.29) is 17.0 Å². The van der Waals surface area contributed by atoms with Crippen LogP contribution in [0.5, 0.6) is 0 Å². The molecule has 0 aliphatic carbocycles. The minimum atomic E-state index is -0.159. The maximum atomic E-state index is 12.5. The van der Waals surface area contributed by atoms with Crippen molar-refractivity contribution in [3.63, 3.8) is 0 Å². The van der Waals surface area contributed by atoms with Gasteiger partial charge >= 0.3 is 0 Å². The van der Waals surface area contributed by atoms with Crippen LogP contribution in [0.3, 0.4) is 0 Å². The van der Waals surface area contributed by atoms with Crippen LogP contribution in [0.4, 0.5) is 0 Å². The molecule has 0 atom stereocenters. The topological polar surface area (TPSA) is 58.4 Å².